The summed E-state index contributed by atoms with van der Waals surface area (Å²) >= 11 is 5.76. The van der Waals surface area contributed by atoms with Crippen LogP contribution < -0.4 is 0 Å². The number of halogens is 1. The molecule has 0 saturated carbocycles. The average molecular weight is 294 g/mol. The minimum Gasteiger partial charge on any atom is -0.396 e. The first-order valence-corrected chi connectivity index (χ1v) is 7.57. The molecule has 1 aromatic rings. The third-order valence-electron chi connectivity index (χ3n) is 3.23. The maximum atomic E-state index is 12.3. The quantitative estimate of drug-likeness (QED) is 0.879. The van der Waals surface area contributed by atoms with E-state index < -0.39 is 10.0 Å². The van der Waals surface area contributed by atoms with Crippen LogP contribution in [0.3, 0.4) is 0 Å². The molecule has 2 rings (SSSR count). The lowest BCUT2D eigenvalue weighted by Gasteiger charge is -2.29. The normalized spacial score (nSPS) is 19.3. The van der Waals surface area contributed by atoms with Gasteiger partial charge in [-0.1, -0.05) is 0 Å². The molecule has 1 N–H and O–H groups in total. The zero-order chi connectivity index (χ0) is 13.3. The molecule has 2 heterocycles. The molecule has 0 radical (unpaired) electrons. The second-order valence-corrected chi connectivity index (χ2v) is 6.71. The average Bonchev–Trinajstić information content (AvgIpc) is 2.70. The highest BCUT2D eigenvalue weighted by Crippen LogP contribution is 2.23. The van der Waals surface area contributed by atoms with Gasteiger partial charge in [-0.3, -0.25) is 0 Å². The molecule has 6 nitrogen and oxygen atoms in total. The van der Waals surface area contributed by atoms with Gasteiger partial charge in [0.15, 0.2) is 5.03 Å². The van der Waals surface area contributed by atoms with Gasteiger partial charge < -0.3 is 9.67 Å². The third-order valence-corrected chi connectivity index (χ3v) is 5.35. The summed E-state index contributed by atoms with van der Waals surface area (Å²) in [6.45, 7) is 0.951. The van der Waals surface area contributed by atoms with E-state index in [1.807, 2.05) is 0 Å². The summed E-state index contributed by atoms with van der Waals surface area (Å²) in [5, 5.41) is 9.17. The highest BCUT2D eigenvalue weighted by atomic mass is 35.5. The first-order valence-electron chi connectivity index (χ1n) is 5.75. The van der Waals surface area contributed by atoms with Crippen LogP contribution in [0.1, 0.15) is 12.8 Å². The van der Waals surface area contributed by atoms with Crippen LogP contribution in [0.4, 0.5) is 0 Å². The number of aromatic nitrogens is 2. The van der Waals surface area contributed by atoms with Gasteiger partial charge in [-0.15, -0.1) is 0 Å². The van der Waals surface area contributed by atoms with Crippen molar-refractivity contribution in [3.63, 3.8) is 0 Å². The zero-order valence-electron chi connectivity index (χ0n) is 10.1. The Bertz CT molecular complexity index is 501. The second-order valence-electron chi connectivity index (χ2n) is 4.49. The number of hydrogen-bond donors (Lipinski definition) is 1. The summed E-state index contributed by atoms with van der Waals surface area (Å²) < 4.78 is 27.4. The van der Waals surface area contributed by atoms with Crippen molar-refractivity contribution in [3.8, 4) is 0 Å². The lowest BCUT2D eigenvalue weighted by atomic mass is 10.00. The van der Waals surface area contributed by atoms with Crippen molar-refractivity contribution in [3.05, 3.63) is 11.5 Å². The Labute approximate surface area is 111 Å². The number of aliphatic hydroxyl groups excluding tert-OH is 1. The first-order chi connectivity index (χ1) is 8.45. The van der Waals surface area contributed by atoms with Crippen molar-refractivity contribution in [2.24, 2.45) is 13.0 Å². The van der Waals surface area contributed by atoms with E-state index in [0.29, 0.717) is 25.9 Å². The molecule has 1 aromatic heterocycles. The maximum Gasteiger partial charge on any atom is 0.262 e. The van der Waals surface area contributed by atoms with Crippen LogP contribution in [0.2, 0.25) is 5.28 Å². The summed E-state index contributed by atoms with van der Waals surface area (Å²) in [7, 11) is -1.91. The molecule has 18 heavy (non-hydrogen) atoms. The molecule has 0 unspecified atom stereocenters. The minimum atomic E-state index is -3.56. The van der Waals surface area contributed by atoms with Gasteiger partial charge in [0.2, 0.25) is 5.28 Å². The van der Waals surface area contributed by atoms with Gasteiger partial charge in [-0.2, -0.15) is 4.31 Å². The van der Waals surface area contributed by atoms with Crippen LogP contribution in [0.25, 0.3) is 0 Å². The monoisotopic (exact) mass is 293 g/mol. The zero-order valence-corrected chi connectivity index (χ0v) is 11.7. The van der Waals surface area contributed by atoms with Crippen LogP contribution in [-0.2, 0) is 17.1 Å². The molecular formula is C10H16ClN3O3S. The SMILES string of the molecule is Cn1cc(S(=O)(=O)N2CCC(CO)CC2)nc1Cl. The number of imidazole rings is 1. The summed E-state index contributed by atoms with van der Waals surface area (Å²) in [6.07, 6.45) is 2.77. The second kappa shape index (κ2) is 5.16. The van der Waals surface area contributed by atoms with E-state index in [-0.39, 0.29) is 22.8 Å². The predicted molar refractivity (Wildman–Crippen MR) is 66.8 cm³/mol. The largest absolute Gasteiger partial charge is 0.396 e. The Balaban J connectivity index is 2.17. The Hall–Kier alpha value is -0.630. The minimum absolute atomic E-state index is 0.0163. The molecule has 1 fully saturated rings. The Morgan fingerprint density at radius 3 is 2.56 bits per heavy atom. The third kappa shape index (κ3) is 2.54. The fourth-order valence-electron chi connectivity index (χ4n) is 2.01. The number of nitrogens with zero attached hydrogens (tertiary/aromatic N) is 3. The number of sulfonamides is 1. The summed E-state index contributed by atoms with van der Waals surface area (Å²) in [5.41, 5.74) is 0. The van der Waals surface area contributed by atoms with E-state index in [0.717, 1.165) is 0 Å². The van der Waals surface area contributed by atoms with Gasteiger partial charge in [-0.05, 0) is 30.4 Å². The van der Waals surface area contributed by atoms with Crippen molar-refractivity contribution in [1.82, 2.24) is 13.9 Å². The first kappa shape index (κ1) is 13.8. The van der Waals surface area contributed by atoms with Crippen molar-refractivity contribution < 1.29 is 13.5 Å². The number of aryl methyl sites for hydroxylation is 1. The van der Waals surface area contributed by atoms with Gasteiger partial charge in [0.25, 0.3) is 10.0 Å². The summed E-state index contributed by atoms with van der Waals surface area (Å²) in [5.74, 6) is 0.198. The molecular weight excluding hydrogens is 278 g/mol. The van der Waals surface area contributed by atoms with Crippen molar-refractivity contribution in [2.45, 2.75) is 17.9 Å². The molecule has 0 spiro atoms. The molecule has 1 aliphatic heterocycles. The number of aliphatic hydroxyl groups is 1. The van der Waals surface area contributed by atoms with Crippen LogP contribution >= 0.6 is 11.6 Å². The molecule has 0 bridgehead atoms. The van der Waals surface area contributed by atoms with E-state index in [1.54, 1.807) is 7.05 Å². The Morgan fingerprint density at radius 1 is 1.50 bits per heavy atom. The van der Waals surface area contributed by atoms with Gasteiger partial charge >= 0.3 is 0 Å². The van der Waals surface area contributed by atoms with E-state index >= 15 is 0 Å². The van der Waals surface area contributed by atoms with Crippen molar-refractivity contribution in [2.75, 3.05) is 19.7 Å². The van der Waals surface area contributed by atoms with Crippen LogP contribution in [-0.4, -0.2) is 47.1 Å². The Kier molecular flexibility index (Phi) is 3.96. The lowest BCUT2D eigenvalue weighted by Crippen LogP contribution is -2.39. The van der Waals surface area contributed by atoms with Gasteiger partial charge in [0, 0.05) is 32.9 Å². The summed E-state index contributed by atoms with van der Waals surface area (Å²) in [6, 6.07) is 0. The van der Waals surface area contributed by atoms with E-state index in [4.69, 9.17) is 16.7 Å². The van der Waals surface area contributed by atoms with Gasteiger partial charge in [0.1, 0.15) is 0 Å². The molecule has 0 aromatic carbocycles. The van der Waals surface area contributed by atoms with Crippen LogP contribution in [0, 0.1) is 5.92 Å². The van der Waals surface area contributed by atoms with Crippen LogP contribution in [0.5, 0.6) is 0 Å². The maximum absolute atomic E-state index is 12.3. The number of hydrogen-bond acceptors (Lipinski definition) is 4. The van der Waals surface area contributed by atoms with Gasteiger partial charge in [-0.25, -0.2) is 13.4 Å². The summed E-state index contributed by atoms with van der Waals surface area (Å²) in [4.78, 5) is 3.85. The van der Waals surface area contributed by atoms with Crippen molar-refractivity contribution in [1.29, 1.82) is 0 Å². The van der Waals surface area contributed by atoms with Crippen LogP contribution in [0.15, 0.2) is 11.2 Å². The molecule has 0 atom stereocenters. The van der Waals surface area contributed by atoms with E-state index in [1.165, 1.54) is 15.1 Å². The Morgan fingerprint density at radius 2 is 2.11 bits per heavy atom. The molecule has 8 heteroatoms. The molecule has 102 valence electrons. The van der Waals surface area contributed by atoms with Gasteiger partial charge in [0.05, 0.1) is 0 Å². The highest BCUT2D eigenvalue weighted by Gasteiger charge is 2.31. The standard InChI is InChI=1S/C10H16ClN3O3S/c1-13-6-9(12-10(13)11)18(16,17)14-4-2-8(7-15)3-5-14/h6,8,15H,2-5,7H2,1H3. The molecule has 0 aliphatic carbocycles. The highest BCUT2D eigenvalue weighted by molar-refractivity contribution is 7.89. The fraction of sp³-hybridized carbons (Fsp3) is 0.700. The fourth-order valence-corrected chi connectivity index (χ4v) is 3.65. The number of piperidine rings is 1. The smallest absolute Gasteiger partial charge is 0.262 e. The number of rotatable bonds is 3. The molecule has 0 amide bonds. The topological polar surface area (TPSA) is 75.4 Å². The van der Waals surface area contributed by atoms with E-state index in [9.17, 15) is 8.42 Å². The van der Waals surface area contributed by atoms with Crippen molar-refractivity contribution >= 4 is 21.6 Å². The molecule has 1 aliphatic rings. The predicted octanol–water partition coefficient (Wildman–Crippen LogP) is 0.466. The van der Waals surface area contributed by atoms with E-state index in [2.05, 4.69) is 4.98 Å². The lowest BCUT2D eigenvalue weighted by molar-refractivity contribution is 0.170. The molecule has 1 saturated heterocycles.